The van der Waals surface area contributed by atoms with Crippen LogP contribution in [0.15, 0.2) is 24.3 Å². The van der Waals surface area contributed by atoms with E-state index in [0.29, 0.717) is 5.15 Å². The number of likely N-dealkylation sites (tertiary alicyclic amines) is 1. The quantitative estimate of drug-likeness (QED) is 0.632. The lowest BCUT2D eigenvalue weighted by atomic mass is 10.1. The molecule has 0 bridgehead atoms. The molecular weight excluding hydrogens is 420 g/mol. The van der Waals surface area contributed by atoms with Gasteiger partial charge >= 0.3 is 0 Å². The minimum atomic E-state index is 0.613. The number of benzene rings is 1. The number of nitrogens with zero attached hydrogens (tertiary/aromatic N) is 6. The molecule has 0 radical (unpaired) electrons. The van der Waals surface area contributed by atoms with E-state index in [0.717, 1.165) is 75.0 Å². The first kappa shape index (κ1) is 23.3. The Labute approximate surface area is 198 Å². The fourth-order valence-corrected chi connectivity index (χ4v) is 5.03. The lowest BCUT2D eigenvalue weighted by Crippen LogP contribution is -2.44. The lowest BCUT2D eigenvalue weighted by Gasteiger charge is -2.34. The maximum absolute atomic E-state index is 6.58. The van der Waals surface area contributed by atoms with Crippen molar-refractivity contribution >= 4 is 23.1 Å². The Morgan fingerprint density at radius 3 is 2.22 bits per heavy atom. The Hall–Kier alpha value is -1.89. The molecule has 0 spiro atoms. The highest BCUT2D eigenvalue weighted by molar-refractivity contribution is 6.30. The first-order chi connectivity index (χ1) is 15.7. The Morgan fingerprint density at radius 1 is 0.844 bits per heavy atom. The standard InChI is InChI=1S/C23H31ClN6.C2H6/c1-27-12-15-29(16-13-27)19-6-4-18(5-7-19)22-25-21(24)20-8-11-30(23(20)26-22)17-14-28-9-2-3-10-28;1-2/h4-7H,2-3,8-17H2,1H3;1-2H3. The summed E-state index contributed by atoms with van der Waals surface area (Å²) in [5.41, 5.74) is 3.41. The van der Waals surface area contributed by atoms with Crippen LogP contribution in [0.5, 0.6) is 0 Å². The Bertz CT molecular complexity index is 873. The molecule has 7 heteroatoms. The number of hydrogen-bond donors (Lipinski definition) is 0. The Kier molecular flexibility index (Phi) is 7.87. The molecule has 1 aromatic heterocycles. The van der Waals surface area contributed by atoms with Crippen molar-refractivity contribution in [2.75, 3.05) is 75.8 Å². The van der Waals surface area contributed by atoms with Gasteiger partial charge in [-0.15, -0.1) is 0 Å². The van der Waals surface area contributed by atoms with Crippen molar-refractivity contribution in [3.8, 4) is 11.4 Å². The zero-order valence-electron chi connectivity index (χ0n) is 19.9. The fourth-order valence-electron chi connectivity index (χ4n) is 4.78. The zero-order valence-corrected chi connectivity index (χ0v) is 20.6. The average Bonchev–Trinajstić information content (AvgIpc) is 3.50. The van der Waals surface area contributed by atoms with Crippen LogP contribution in [0.3, 0.4) is 0 Å². The van der Waals surface area contributed by atoms with Gasteiger partial charge < -0.3 is 19.6 Å². The second kappa shape index (κ2) is 10.8. The van der Waals surface area contributed by atoms with Gasteiger partial charge in [0.25, 0.3) is 0 Å². The second-order valence-corrected chi connectivity index (χ2v) is 9.12. The van der Waals surface area contributed by atoms with Gasteiger partial charge in [-0.1, -0.05) is 25.4 Å². The van der Waals surface area contributed by atoms with Crippen LogP contribution < -0.4 is 9.80 Å². The number of aromatic nitrogens is 2. The smallest absolute Gasteiger partial charge is 0.163 e. The molecule has 6 nitrogen and oxygen atoms in total. The molecule has 3 aliphatic rings. The summed E-state index contributed by atoms with van der Waals surface area (Å²) in [5, 5.41) is 0.613. The molecule has 32 heavy (non-hydrogen) atoms. The summed E-state index contributed by atoms with van der Waals surface area (Å²) in [6.07, 6.45) is 3.61. The highest BCUT2D eigenvalue weighted by Gasteiger charge is 2.26. The third-order valence-electron chi connectivity index (χ3n) is 6.74. The van der Waals surface area contributed by atoms with Gasteiger partial charge in [0.2, 0.25) is 0 Å². The summed E-state index contributed by atoms with van der Waals surface area (Å²) >= 11 is 6.58. The predicted octanol–water partition coefficient (Wildman–Crippen LogP) is 4.03. The van der Waals surface area contributed by atoms with Crippen LogP contribution in [-0.4, -0.2) is 85.7 Å². The van der Waals surface area contributed by atoms with Gasteiger partial charge in [0, 0.05) is 62.6 Å². The topological polar surface area (TPSA) is 38.7 Å². The number of anilines is 2. The molecule has 2 aromatic rings. The number of hydrogen-bond acceptors (Lipinski definition) is 6. The van der Waals surface area contributed by atoms with E-state index >= 15 is 0 Å². The van der Waals surface area contributed by atoms with E-state index in [2.05, 4.69) is 55.9 Å². The van der Waals surface area contributed by atoms with Gasteiger partial charge in [-0.2, -0.15) is 0 Å². The summed E-state index contributed by atoms with van der Waals surface area (Å²) in [7, 11) is 2.18. The first-order valence-corrected chi connectivity index (χ1v) is 12.6. The lowest BCUT2D eigenvalue weighted by molar-refractivity contribution is 0.313. The zero-order chi connectivity index (χ0) is 22.5. The SMILES string of the molecule is CC.CN1CCN(c2ccc(-c3nc(Cl)c4c(n3)N(CCN3CCCC3)CC4)cc2)CC1. The minimum Gasteiger partial charge on any atom is -0.369 e. The van der Waals surface area contributed by atoms with Crippen molar-refractivity contribution in [3.05, 3.63) is 35.0 Å². The largest absolute Gasteiger partial charge is 0.369 e. The number of halogens is 1. The molecular formula is C25H37ClN6. The van der Waals surface area contributed by atoms with E-state index in [4.69, 9.17) is 16.6 Å². The van der Waals surface area contributed by atoms with Crippen LogP contribution in [0.4, 0.5) is 11.5 Å². The molecule has 174 valence electrons. The van der Waals surface area contributed by atoms with E-state index in [9.17, 15) is 0 Å². The molecule has 0 N–H and O–H groups in total. The van der Waals surface area contributed by atoms with Crippen molar-refractivity contribution in [3.63, 3.8) is 0 Å². The molecule has 0 atom stereocenters. The van der Waals surface area contributed by atoms with E-state index < -0.39 is 0 Å². The molecule has 4 heterocycles. The predicted molar refractivity (Wildman–Crippen MR) is 135 cm³/mol. The normalized spacial score (nSPS) is 19.1. The third kappa shape index (κ3) is 5.19. The summed E-state index contributed by atoms with van der Waals surface area (Å²) in [6.45, 7) is 13.9. The van der Waals surface area contributed by atoms with Crippen molar-refractivity contribution in [1.29, 1.82) is 0 Å². The van der Waals surface area contributed by atoms with Crippen LogP contribution >= 0.6 is 11.6 Å². The fraction of sp³-hybridized carbons (Fsp3) is 0.600. The van der Waals surface area contributed by atoms with Crippen molar-refractivity contribution in [2.45, 2.75) is 33.1 Å². The number of piperazine rings is 1. The van der Waals surface area contributed by atoms with Gasteiger partial charge in [-0.25, -0.2) is 9.97 Å². The van der Waals surface area contributed by atoms with E-state index in [1.807, 2.05) is 13.8 Å². The van der Waals surface area contributed by atoms with Crippen LogP contribution in [-0.2, 0) is 6.42 Å². The van der Waals surface area contributed by atoms with Crippen LogP contribution in [0.1, 0.15) is 32.3 Å². The maximum atomic E-state index is 6.58. The van der Waals surface area contributed by atoms with Crippen LogP contribution in [0.2, 0.25) is 5.15 Å². The summed E-state index contributed by atoms with van der Waals surface area (Å²) in [5.74, 6) is 1.77. The third-order valence-corrected chi connectivity index (χ3v) is 7.06. The minimum absolute atomic E-state index is 0.613. The molecule has 0 aliphatic carbocycles. The molecule has 3 aliphatic heterocycles. The maximum Gasteiger partial charge on any atom is 0.163 e. The van der Waals surface area contributed by atoms with Crippen LogP contribution in [0, 0.1) is 0 Å². The Morgan fingerprint density at radius 2 is 1.53 bits per heavy atom. The van der Waals surface area contributed by atoms with Gasteiger partial charge in [0.05, 0.1) is 0 Å². The molecule has 0 unspecified atom stereocenters. The summed E-state index contributed by atoms with van der Waals surface area (Å²) < 4.78 is 0. The van der Waals surface area contributed by atoms with Crippen molar-refractivity contribution in [2.24, 2.45) is 0 Å². The molecule has 5 rings (SSSR count). The van der Waals surface area contributed by atoms with Gasteiger partial charge in [0.15, 0.2) is 5.82 Å². The number of rotatable bonds is 5. The summed E-state index contributed by atoms with van der Waals surface area (Å²) in [6, 6.07) is 8.65. The van der Waals surface area contributed by atoms with E-state index in [1.54, 1.807) is 0 Å². The molecule has 0 saturated carbocycles. The van der Waals surface area contributed by atoms with E-state index in [1.165, 1.54) is 31.6 Å². The van der Waals surface area contributed by atoms with Gasteiger partial charge in [0.1, 0.15) is 11.0 Å². The van der Waals surface area contributed by atoms with Gasteiger partial charge in [-0.05, 0) is 63.7 Å². The highest BCUT2D eigenvalue weighted by atomic mass is 35.5. The first-order valence-electron chi connectivity index (χ1n) is 12.2. The molecule has 2 saturated heterocycles. The summed E-state index contributed by atoms with van der Waals surface area (Å²) in [4.78, 5) is 19.4. The van der Waals surface area contributed by atoms with E-state index in [-0.39, 0.29) is 0 Å². The van der Waals surface area contributed by atoms with Crippen molar-refractivity contribution in [1.82, 2.24) is 19.8 Å². The van der Waals surface area contributed by atoms with Crippen LogP contribution in [0.25, 0.3) is 11.4 Å². The molecule has 2 fully saturated rings. The number of fused-ring (bicyclic) bond motifs is 1. The monoisotopic (exact) mass is 456 g/mol. The second-order valence-electron chi connectivity index (χ2n) is 8.76. The average molecular weight is 457 g/mol. The molecule has 0 amide bonds. The number of likely N-dealkylation sites (N-methyl/N-ethyl adjacent to an activating group) is 1. The van der Waals surface area contributed by atoms with Crippen molar-refractivity contribution < 1.29 is 0 Å². The molecule has 1 aromatic carbocycles. The Balaban J connectivity index is 0.00000119. The highest BCUT2D eigenvalue weighted by Crippen LogP contribution is 2.33. The van der Waals surface area contributed by atoms with Gasteiger partial charge in [-0.3, -0.25) is 0 Å².